The van der Waals surface area contributed by atoms with E-state index in [0.717, 1.165) is 5.56 Å². The molecule has 1 unspecified atom stereocenters. The summed E-state index contributed by atoms with van der Waals surface area (Å²) in [5.41, 5.74) is 0.927. The molecule has 96 valence electrons. The van der Waals surface area contributed by atoms with E-state index in [2.05, 4.69) is 5.32 Å². The molecule has 4 heteroatoms. The summed E-state index contributed by atoms with van der Waals surface area (Å²) in [6, 6.07) is 8.81. The Morgan fingerprint density at radius 3 is 2.61 bits per heavy atom. The van der Waals surface area contributed by atoms with E-state index >= 15 is 0 Å². The van der Waals surface area contributed by atoms with Gasteiger partial charge in [-0.1, -0.05) is 30.3 Å². The Hall–Kier alpha value is -2.10. The number of nitrogens with one attached hydrogen (secondary N) is 1. The van der Waals surface area contributed by atoms with Crippen LogP contribution in [-0.2, 0) is 14.3 Å². The largest absolute Gasteiger partial charge is 0.464 e. The van der Waals surface area contributed by atoms with E-state index in [9.17, 15) is 9.59 Å². The predicted molar refractivity (Wildman–Crippen MR) is 69.7 cm³/mol. The lowest BCUT2D eigenvalue weighted by Gasteiger charge is -2.10. The van der Waals surface area contributed by atoms with Crippen LogP contribution >= 0.6 is 0 Å². The van der Waals surface area contributed by atoms with Crippen molar-refractivity contribution in [1.29, 1.82) is 0 Å². The highest BCUT2D eigenvalue weighted by Gasteiger charge is 2.14. The molecule has 0 heterocycles. The van der Waals surface area contributed by atoms with Gasteiger partial charge in [0.1, 0.15) is 6.04 Å². The minimum Gasteiger partial charge on any atom is -0.464 e. The van der Waals surface area contributed by atoms with Crippen LogP contribution in [0.1, 0.15) is 19.4 Å². The average molecular weight is 247 g/mol. The minimum atomic E-state index is -0.641. The number of rotatable bonds is 5. The van der Waals surface area contributed by atoms with Gasteiger partial charge in [0.05, 0.1) is 6.61 Å². The van der Waals surface area contributed by atoms with Crippen LogP contribution in [0.4, 0.5) is 0 Å². The molecule has 0 saturated heterocycles. The second kappa shape index (κ2) is 7.27. The van der Waals surface area contributed by atoms with Gasteiger partial charge in [-0.05, 0) is 25.5 Å². The number of esters is 1. The summed E-state index contributed by atoms with van der Waals surface area (Å²) in [6.45, 7) is 3.62. The van der Waals surface area contributed by atoms with E-state index in [1.165, 1.54) is 6.08 Å². The molecule has 1 amide bonds. The van der Waals surface area contributed by atoms with E-state index in [0.29, 0.717) is 6.61 Å². The van der Waals surface area contributed by atoms with Crippen LogP contribution in [0, 0.1) is 0 Å². The van der Waals surface area contributed by atoms with Crippen molar-refractivity contribution in [3.8, 4) is 0 Å². The average Bonchev–Trinajstić information content (AvgIpc) is 2.38. The highest BCUT2D eigenvalue weighted by atomic mass is 16.5. The zero-order valence-corrected chi connectivity index (χ0v) is 10.6. The van der Waals surface area contributed by atoms with Gasteiger partial charge in [0.2, 0.25) is 5.91 Å². The Labute approximate surface area is 107 Å². The SMILES string of the molecule is CCOC(=O)C(C)NC(=O)C=Cc1ccccc1. The third-order valence-corrected chi connectivity index (χ3v) is 2.23. The van der Waals surface area contributed by atoms with Gasteiger partial charge in [-0.15, -0.1) is 0 Å². The quantitative estimate of drug-likeness (QED) is 0.637. The second-order valence-electron chi connectivity index (χ2n) is 3.73. The van der Waals surface area contributed by atoms with Crippen LogP contribution < -0.4 is 5.32 Å². The molecule has 1 N–H and O–H groups in total. The van der Waals surface area contributed by atoms with Crippen molar-refractivity contribution in [3.63, 3.8) is 0 Å². The molecule has 0 aliphatic heterocycles. The fourth-order valence-corrected chi connectivity index (χ4v) is 1.32. The van der Waals surface area contributed by atoms with Crippen molar-refractivity contribution in [2.45, 2.75) is 19.9 Å². The first-order valence-corrected chi connectivity index (χ1v) is 5.83. The van der Waals surface area contributed by atoms with Gasteiger partial charge in [-0.3, -0.25) is 4.79 Å². The first-order valence-electron chi connectivity index (χ1n) is 5.83. The van der Waals surface area contributed by atoms with Crippen molar-refractivity contribution in [2.24, 2.45) is 0 Å². The molecule has 0 aliphatic rings. The lowest BCUT2D eigenvalue weighted by atomic mass is 10.2. The fourth-order valence-electron chi connectivity index (χ4n) is 1.32. The zero-order valence-electron chi connectivity index (χ0n) is 10.6. The molecule has 18 heavy (non-hydrogen) atoms. The van der Waals surface area contributed by atoms with Gasteiger partial charge in [-0.2, -0.15) is 0 Å². The Morgan fingerprint density at radius 1 is 1.33 bits per heavy atom. The molecule has 0 bridgehead atoms. The number of benzene rings is 1. The first-order chi connectivity index (χ1) is 8.63. The molecule has 1 atom stereocenters. The molecule has 4 nitrogen and oxygen atoms in total. The van der Waals surface area contributed by atoms with Gasteiger partial charge in [-0.25, -0.2) is 4.79 Å². The van der Waals surface area contributed by atoms with Gasteiger partial charge in [0.15, 0.2) is 0 Å². The number of amides is 1. The maximum absolute atomic E-state index is 11.5. The van der Waals surface area contributed by atoms with E-state index in [-0.39, 0.29) is 5.91 Å². The third-order valence-electron chi connectivity index (χ3n) is 2.23. The Morgan fingerprint density at radius 2 is 2.00 bits per heavy atom. The number of hydrogen-bond acceptors (Lipinski definition) is 3. The zero-order chi connectivity index (χ0) is 13.4. The molecular weight excluding hydrogens is 230 g/mol. The number of ether oxygens (including phenoxy) is 1. The molecule has 0 aromatic heterocycles. The topological polar surface area (TPSA) is 55.4 Å². The fraction of sp³-hybridized carbons (Fsp3) is 0.286. The molecule has 0 fully saturated rings. The van der Waals surface area contributed by atoms with Crippen molar-refractivity contribution in [1.82, 2.24) is 5.32 Å². The van der Waals surface area contributed by atoms with Crippen LogP contribution in [0.3, 0.4) is 0 Å². The Bertz CT molecular complexity index is 426. The van der Waals surface area contributed by atoms with E-state index < -0.39 is 12.0 Å². The van der Waals surface area contributed by atoms with Crippen LogP contribution in [-0.4, -0.2) is 24.5 Å². The number of carbonyl (C=O) groups is 2. The van der Waals surface area contributed by atoms with Gasteiger partial charge in [0, 0.05) is 6.08 Å². The summed E-state index contributed by atoms with van der Waals surface area (Å²) in [5, 5.41) is 2.53. The summed E-state index contributed by atoms with van der Waals surface area (Å²) in [6.07, 6.45) is 3.08. The summed E-state index contributed by atoms with van der Waals surface area (Å²) < 4.78 is 4.79. The molecule has 1 rings (SSSR count). The van der Waals surface area contributed by atoms with Crippen molar-refractivity contribution < 1.29 is 14.3 Å². The van der Waals surface area contributed by atoms with E-state index in [1.807, 2.05) is 30.3 Å². The number of hydrogen-bond donors (Lipinski definition) is 1. The number of carbonyl (C=O) groups excluding carboxylic acids is 2. The van der Waals surface area contributed by atoms with Gasteiger partial charge in [0.25, 0.3) is 0 Å². The molecule has 0 spiro atoms. The smallest absolute Gasteiger partial charge is 0.328 e. The predicted octanol–water partition coefficient (Wildman–Crippen LogP) is 1.77. The lowest BCUT2D eigenvalue weighted by Crippen LogP contribution is -2.38. The monoisotopic (exact) mass is 247 g/mol. The second-order valence-corrected chi connectivity index (χ2v) is 3.73. The molecule has 0 aliphatic carbocycles. The summed E-state index contributed by atoms with van der Waals surface area (Å²) in [7, 11) is 0. The summed E-state index contributed by atoms with van der Waals surface area (Å²) in [4.78, 5) is 22.8. The molecule has 1 aromatic carbocycles. The van der Waals surface area contributed by atoms with Gasteiger partial charge >= 0.3 is 5.97 Å². The maximum atomic E-state index is 11.5. The summed E-state index contributed by atoms with van der Waals surface area (Å²) >= 11 is 0. The molecule has 0 radical (unpaired) electrons. The standard InChI is InChI=1S/C14H17NO3/c1-3-18-14(17)11(2)15-13(16)10-9-12-7-5-4-6-8-12/h4-11H,3H2,1-2H3,(H,15,16). The minimum absolute atomic E-state index is 0.304. The normalized spacial score (nSPS) is 12.1. The van der Waals surface area contributed by atoms with Crippen LogP contribution in [0.25, 0.3) is 6.08 Å². The van der Waals surface area contributed by atoms with Crippen LogP contribution in [0.15, 0.2) is 36.4 Å². The molecule has 0 saturated carbocycles. The van der Waals surface area contributed by atoms with Crippen LogP contribution in [0.5, 0.6) is 0 Å². The van der Waals surface area contributed by atoms with Crippen molar-refractivity contribution in [2.75, 3.05) is 6.61 Å². The molecule has 1 aromatic rings. The maximum Gasteiger partial charge on any atom is 0.328 e. The Balaban J connectivity index is 2.47. The lowest BCUT2D eigenvalue weighted by molar-refractivity contribution is -0.146. The van der Waals surface area contributed by atoms with Crippen molar-refractivity contribution >= 4 is 18.0 Å². The third kappa shape index (κ3) is 4.82. The Kier molecular flexibility index (Phi) is 5.64. The van der Waals surface area contributed by atoms with Gasteiger partial charge < -0.3 is 10.1 Å². The van der Waals surface area contributed by atoms with Crippen LogP contribution in [0.2, 0.25) is 0 Å². The highest BCUT2D eigenvalue weighted by molar-refractivity contribution is 5.94. The highest BCUT2D eigenvalue weighted by Crippen LogP contribution is 2.00. The van der Waals surface area contributed by atoms with E-state index in [4.69, 9.17) is 4.74 Å². The van der Waals surface area contributed by atoms with E-state index in [1.54, 1.807) is 19.9 Å². The first kappa shape index (κ1) is 14.0. The van der Waals surface area contributed by atoms with Crippen molar-refractivity contribution in [3.05, 3.63) is 42.0 Å². The molecular formula is C14H17NO3. The summed E-state index contributed by atoms with van der Waals surface area (Å²) in [5.74, 6) is -0.752.